The maximum Gasteiger partial charge on any atom is 0.584 e. The van der Waals surface area contributed by atoms with Crippen molar-refractivity contribution in [2.75, 3.05) is 0 Å². The molecule has 0 bridgehead atoms. The van der Waals surface area contributed by atoms with Crippen molar-refractivity contribution in [3.8, 4) is 22.6 Å². The topological polar surface area (TPSA) is 55.8 Å². The van der Waals surface area contributed by atoms with Crippen LogP contribution >= 0.6 is 7.82 Å². The fourth-order valence-electron chi connectivity index (χ4n) is 8.40. The van der Waals surface area contributed by atoms with Gasteiger partial charge in [0.1, 0.15) is 11.5 Å². The molecule has 1 heterocycles. The molecule has 0 spiro atoms. The van der Waals surface area contributed by atoms with Gasteiger partial charge in [-0.05, 0) is 130 Å². The number of benzene rings is 8. The van der Waals surface area contributed by atoms with Crippen molar-refractivity contribution >= 4 is 29.4 Å². The van der Waals surface area contributed by atoms with Crippen molar-refractivity contribution in [1.82, 2.24) is 0 Å². The second kappa shape index (κ2) is 16.3. The highest BCUT2D eigenvalue weighted by atomic mass is 31.2. The average Bonchev–Trinajstić information content (AvgIpc) is 3.36. The molecule has 0 aliphatic carbocycles. The van der Waals surface area contributed by atoms with Gasteiger partial charge in [0.25, 0.3) is 0 Å². The minimum atomic E-state index is -4.55. The van der Waals surface area contributed by atoms with Crippen LogP contribution in [-0.2, 0) is 55.9 Å². The Labute approximate surface area is 335 Å². The van der Waals surface area contributed by atoms with Crippen molar-refractivity contribution in [1.29, 1.82) is 0 Å². The second-order valence-corrected chi connectivity index (χ2v) is 16.5. The highest BCUT2D eigenvalue weighted by Gasteiger charge is 2.35. The van der Waals surface area contributed by atoms with Gasteiger partial charge in [-0.15, -0.1) is 0 Å². The van der Waals surface area contributed by atoms with E-state index in [0.717, 1.165) is 95.2 Å². The van der Waals surface area contributed by atoms with Crippen LogP contribution in [0.25, 0.3) is 32.7 Å². The van der Waals surface area contributed by atoms with Crippen LogP contribution in [-0.4, -0.2) is 4.89 Å². The van der Waals surface area contributed by atoms with Gasteiger partial charge in [0, 0.05) is 11.1 Å². The van der Waals surface area contributed by atoms with Crippen molar-refractivity contribution < 1.29 is 18.5 Å². The summed E-state index contributed by atoms with van der Waals surface area (Å²) in [5.74, 6) is 0.748. The molecule has 0 radical (unpaired) electrons. The zero-order valence-corrected chi connectivity index (χ0v) is 32.8. The molecule has 4 nitrogen and oxygen atoms in total. The maximum atomic E-state index is 13.9. The van der Waals surface area contributed by atoms with E-state index in [9.17, 15) is 9.46 Å². The van der Waals surface area contributed by atoms with Crippen LogP contribution in [0.1, 0.15) is 44.5 Å². The molecule has 0 saturated heterocycles. The summed E-state index contributed by atoms with van der Waals surface area (Å²) in [5, 5.41) is 4.22. The van der Waals surface area contributed by atoms with E-state index in [0.29, 0.717) is 11.5 Å². The molecule has 8 aromatic rings. The Balaban J connectivity index is 1.21. The lowest BCUT2D eigenvalue weighted by atomic mass is 9.85. The highest BCUT2D eigenvalue weighted by Crippen LogP contribution is 2.58. The molecule has 9 rings (SSSR count). The van der Waals surface area contributed by atoms with E-state index in [1.54, 1.807) is 0 Å². The van der Waals surface area contributed by atoms with Gasteiger partial charge >= 0.3 is 7.82 Å². The van der Waals surface area contributed by atoms with Crippen molar-refractivity contribution in [3.05, 3.63) is 214 Å². The summed E-state index contributed by atoms with van der Waals surface area (Å²) >= 11 is 0. The van der Waals surface area contributed by atoms with E-state index in [4.69, 9.17) is 9.05 Å². The Morgan fingerprint density at radius 2 is 0.667 bits per heavy atom. The van der Waals surface area contributed by atoms with Crippen LogP contribution in [0, 0.1) is 0 Å². The third-order valence-electron chi connectivity index (χ3n) is 11.3. The van der Waals surface area contributed by atoms with Gasteiger partial charge < -0.3 is 9.05 Å². The third kappa shape index (κ3) is 8.30. The number of phosphoric acid groups is 1. The molecular formula is C52H45O4P. The number of fused-ring (bicyclic) bond motifs is 7. The molecule has 0 unspecified atom stereocenters. The van der Waals surface area contributed by atoms with Crippen molar-refractivity contribution in [3.63, 3.8) is 0 Å². The van der Waals surface area contributed by atoms with Gasteiger partial charge in [-0.1, -0.05) is 158 Å². The molecule has 0 amide bonds. The molecule has 0 fully saturated rings. The molecule has 0 aromatic heterocycles. The van der Waals surface area contributed by atoms with Gasteiger partial charge in [0.05, 0.1) is 0 Å². The van der Waals surface area contributed by atoms with E-state index in [2.05, 4.69) is 146 Å². The van der Waals surface area contributed by atoms with Crippen molar-refractivity contribution in [2.24, 2.45) is 0 Å². The molecular weight excluding hydrogens is 720 g/mol. The monoisotopic (exact) mass is 764 g/mol. The predicted octanol–water partition coefficient (Wildman–Crippen LogP) is 12.7. The van der Waals surface area contributed by atoms with Crippen LogP contribution < -0.4 is 9.05 Å². The first-order chi connectivity index (χ1) is 28.0. The average molecular weight is 765 g/mol. The van der Waals surface area contributed by atoms with Gasteiger partial charge in [0.15, 0.2) is 0 Å². The Morgan fingerprint density at radius 3 is 1.02 bits per heavy atom. The lowest BCUT2D eigenvalue weighted by Crippen LogP contribution is -2.00. The number of aryl methyl sites for hydroxylation is 8. The molecule has 282 valence electrons. The van der Waals surface area contributed by atoms with Gasteiger partial charge in [-0.25, -0.2) is 4.57 Å². The Kier molecular flexibility index (Phi) is 10.5. The number of hydrogen-bond donors (Lipinski definition) is 1. The molecule has 1 N–H and O–H groups in total. The highest BCUT2D eigenvalue weighted by molar-refractivity contribution is 7.48. The molecule has 57 heavy (non-hydrogen) atoms. The van der Waals surface area contributed by atoms with E-state index >= 15 is 0 Å². The number of rotatable bonds is 12. The molecule has 0 saturated carbocycles. The SMILES string of the molecule is O=P1(O)Oc2cc(CCc3ccccc3)c3cc(CCc4ccccc4)ccc3c2-c2c(cc(CCc3ccccc3)c3cc(CCc4ccccc4)ccc23)O1. The molecule has 5 heteroatoms. The second-order valence-electron chi connectivity index (χ2n) is 15.2. The Bertz CT molecular complexity index is 2530. The minimum absolute atomic E-state index is 0.374. The summed E-state index contributed by atoms with van der Waals surface area (Å²) in [4.78, 5) is 11.3. The van der Waals surface area contributed by atoms with E-state index < -0.39 is 7.82 Å². The summed E-state index contributed by atoms with van der Waals surface area (Å²) in [7, 11) is -4.55. The summed E-state index contributed by atoms with van der Waals surface area (Å²) < 4.78 is 26.1. The fourth-order valence-corrected chi connectivity index (χ4v) is 9.22. The van der Waals surface area contributed by atoms with E-state index in [1.807, 2.05) is 24.3 Å². The Hall–Kier alpha value is -5.93. The van der Waals surface area contributed by atoms with Gasteiger partial charge in [-0.3, -0.25) is 4.89 Å². The first kappa shape index (κ1) is 36.7. The van der Waals surface area contributed by atoms with Gasteiger partial charge in [0.2, 0.25) is 0 Å². The smallest absolute Gasteiger partial charge is 0.394 e. The van der Waals surface area contributed by atoms with E-state index in [1.165, 1.54) is 33.4 Å². The number of hydrogen-bond acceptors (Lipinski definition) is 3. The largest absolute Gasteiger partial charge is 0.584 e. The number of phosphoric ester groups is 1. The van der Waals surface area contributed by atoms with Crippen LogP contribution in [0.15, 0.2) is 170 Å². The maximum absolute atomic E-state index is 13.9. The van der Waals surface area contributed by atoms with Crippen LogP contribution in [0.2, 0.25) is 0 Å². The van der Waals surface area contributed by atoms with Crippen LogP contribution in [0.3, 0.4) is 0 Å². The molecule has 1 aliphatic heterocycles. The summed E-state index contributed by atoms with van der Waals surface area (Å²) in [6.07, 6.45) is 6.81. The Morgan fingerprint density at radius 1 is 0.351 bits per heavy atom. The van der Waals surface area contributed by atoms with E-state index in [-0.39, 0.29) is 0 Å². The molecule has 0 atom stereocenters. The first-order valence-corrected chi connectivity index (χ1v) is 21.5. The lowest BCUT2D eigenvalue weighted by molar-refractivity contribution is 0.294. The predicted molar refractivity (Wildman–Crippen MR) is 233 cm³/mol. The van der Waals surface area contributed by atoms with Crippen molar-refractivity contribution in [2.45, 2.75) is 51.4 Å². The molecule has 1 aliphatic rings. The standard InChI is InChI=1S/C52H45O4P/c53-57(54)55-49-35-43(29-25-39-17-9-3-10-18-39)47-33-41(23-21-37-13-5-1-6-14-37)27-31-45(47)51(49)52-46-32-28-42(24-22-38-15-7-2-8-16-38)34-48(46)44(36-50(52)56-57)30-26-40-19-11-4-12-20-40/h1-20,27-28,31-36H,21-26,29-30H2,(H,53,54). The summed E-state index contributed by atoms with van der Waals surface area (Å²) in [6, 6.07) is 59.5. The summed E-state index contributed by atoms with van der Waals surface area (Å²) in [6.45, 7) is 0. The molecule has 8 aromatic carbocycles. The van der Waals surface area contributed by atoms with Crippen LogP contribution in [0.5, 0.6) is 11.5 Å². The third-order valence-corrected chi connectivity index (χ3v) is 12.2. The normalized spacial score (nSPS) is 13.0. The van der Waals surface area contributed by atoms with Gasteiger partial charge in [-0.2, -0.15) is 0 Å². The zero-order chi connectivity index (χ0) is 38.6. The minimum Gasteiger partial charge on any atom is -0.394 e. The quantitative estimate of drug-likeness (QED) is 0.126. The zero-order valence-electron chi connectivity index (χ0n) is 31.9. The van der Waals surface area contributed by atoms with Crippen LogP contribution in [0.4, 0.5) is 0 Å². The lowest BCUT2D eigenvalue weighted by Gasteiger charge is -2.19. The fraction of sp³-hybridized carbons (Fsp3) is 0.154. The summed E-state index contributed by atoms with van der Waals surface area (Å²) in [5.41, 5.74) is 11.3. The first-order valence-electron chi connectivity index (χ1n) is 20.0.